The zero-order valence-corrected chi connectivity index (χ0v) is 18.9. The molecule has 1 aromatic rings. The minimum atomic E-state index is -3.64. The van der Waals surface area contributed by atoms with Crippen molar-refractivity contribution < 1.29 is 18.0 Å². The van der Waals surface area contributed by atoms with Gasteiger partial charge in [-0.05, 0) is 55.9 Å². The van der Waals surface area contributed by atoms with E-state index in [1.54, 1.807) is 19.9 Å². The second-order valence-electron chi connectivity index (χ2n) is 7.71. The highest BCUT2D eigenvalue weighted by Gasteiger charge is 2.32. The summed E-state index contributed by atoms with van der Waals surface area (Å²) in [5.74, 6) is -0.447. The molecule has 1 unspecified atom stereocenters. The van der Waals surface area contributed by atoms with Gasteiger partial charge in [0.05, 0.1) is 4.90 Å². The van der Waals surface area contributed by atoms with Crippen LogP contribution >= 0.6 is 0 Å². The monoisotopic (exact) mass is 423 g/mol. The average molecular weight is 424 g/mol. The SMILES string of the molecule is CCN(CC)S(=O)(=O)c1cc(C)c(C)c(NC(=O)C(NC(C)=O)C2CCCC2)c1. The van der Waals surface area contributed by atoms with Crippen molar-refractivity contribution in [3.63, 3.8) is 0 Å². The summed E-state index contributed by atoms with van der Waals surface area (Å²) < 4.78 is 27.3. The van der Waals surface area contributed by atoms with Crippen molar-refractivity contribution in [2.45, 2.75) is 71.2 Å². The topological polar surface area (TPSA) is 95.6 Å². The highest BCUT2D eigenvalue weighted by Crippen LogP contribution is 2.30. The molecule has 0 saturated heterocycles. The van der Waals surface area contributed by atoms with E-state index in [1.807, 2.05) is 13.8 Å². The van der Waals surface area contributed by atoms with E-state index < -0.39 is 16.1 Å². The van der Waals surface area contributed by atoms with Gasteiger partial charge in [-0.15, -0.1) is 0 Å². The van der Waals surface area contributed by atoms with Crippen molar-refractivity contribution in [3.05, 3.63) is 23.3 Å². The van der Waals surface area contributed by atoms with E-state index in [1.165, 1.54) is 17.3 Å². The van der Waals surface area contributed by atoms with E-state index in [2.05, 4.69) is 10.6 Å². The lowest BCUT2D eigenvalue weighted by Gasteiger charge is -2.25. The summed E-state index contributed by atoms with van der Waals surface area (Å²) in [5.41, 5.74) is 2.06. The summed E-state index contributed by atoms with van der Waals surface area (Å²) in [4.78, 5) is 24.8. The molecule has 8 heteroatoms. The Bertz CT molecular complexity index is 857. The molecule has 162 valence electrons. The molecule has 2 rings (SSSR count). The molecule has 0 aromatic heterocycles. The van der Waals surface area contributed by atoms with Crippen molar-refractivity contribution in [3.8, 4) is 0 Å². The maximum atomic E-state index is 13.0. The van der Waals surface area contributed by atoms with Gasteiger partial charge in [-0.25, -0.2) is 8.42 Å². The molecule has 1 aliphatic carbocycles. The Balaban J connectivity index is 2.37. The van der Waals surface area contributed by atoms with Crippen LogP contribution in [-0.4, -0.2) is 43.7 Å². The number of carbonyl (C=O) groups is 2. The zero-order chi connectivity index (χ0) is 21.8. The number of amides is 2. The Morgan fingerprint density at radius 3 is 2.24 bits per heavy atom. The van der Waals surface area contributed by atoms with Gasteiger partial charge in [0.2, 0.25) is 21.8 Å². The van der Waals surface area contributed by atoms with Crippen LogP contribution in [0.3, 0.4) is 0 Å². The first-order chi connectivity index (χ1) is 13.6. The summed E-state index contributed by atoms with van der Waals surface area (Å²) in [6.45, 7) is 9.42. The van der Waals surface area contributed by atoms with Gasteiger partial charge >= 0.3 is 0 Å². The van der Waals surface area contributed by atoms with Crippen molar-refractivity contribution in [2.24, 2.45) is 5.92 Å². The standard InChI is InChI=1S/C21H33N3O4S/c1-6-24(7-2)29(27,28)18-12-14(3)15(4)19(13-18)23-21(26)20(22-16(5)25)17-10-8-9-11-17/h12-13,17,20H,6-11H2,1-5H3,(H,22,25)(H,23,26). The number of nitrogens with one attached hydrogen (secondary N) is 2. The Labute approximate surface area is 174 Å². The summed E-state index contributed by atoms with van der Waals surface area (Å²) >= 11 is 0. The van der Waals surface area contributed by atoms with Gasteiger partial charge in [0, 0.05) is 25.7 Å². The average Bonchev–Trinajstić information content (AvgIpc) is 3.18. The van der Waals surface area contributed by atoms with Crippen LogP contribution in [0, 0.1) is 19.8 Å². The Morgan fingerprint density at radius 2 is 1.72 bits per heavy atom. The van der Waals surface area contributed by atoms with Gasteiger partial charge in [0.25, 0.3) is 0 Å². The quantitative estimate of drug-likeness (QED) is 0.672. The normalized spacial score (nSPS) is 16.1. The van der Waals surface area contributed by atoms with Gasteiger partial charge in [0.1, 0.15) is 6.04 Å². The Morgan fingerprint density at radius 1 is 1.14 bits per heavy atom. The van der Waals surface area contributed by atoms with Crippen LogP contribution in [0.2, 0.25) is 0 Å². The van der Waals surface area contributed by atoms with E-state index >= 15 is 0 Å². The molecule has 1 aliphatic rings. The number of aryl methyl sites for hydroxylation is 1. The second kappa shape index (κ2) is 9.71. The lowest BCUT2D eigenvalue weighted by Crippen LogP contribution is -2.47. The number of hydrogen-bond donors (Lipinski definition) is 2. The third-order valence-corrected chi connectivity index (χ3v) is 7.78. The molecule has 0 heterocycles. The second-order valence-corrected chi connectivity index (χ2v) is 9.65. The molecule has 1 fully saturated rings. The molecule has 0 aliphatic heterocycles. The molecule has 1 saturated carbocycles. The number of hydrogen-bond acceptors (Lipinski definition) is 4. The molecule has 7 nitrogen and oxygen atoms in total. The molecular formula is C21H33N3O4S. The molecule has 1 atom stereocenters. The number of nitrogens with zero attached hydrogens (tertiary/aromatic N) is 1. The third-order valence-electron chi connectivity index (χ3n) is 5.75. The van der Waals surface area contributed by atoms with Crippen LogP contribution < -0.4 is 10.6 Å². The molecular weight excluding hydrogens is 390 g/mol. The summed E-state index contributed by atoms with van der Waals surface area (Å²) in [5, 5.41) is 5.66. The fourth-order valence-electron chi connectivity index (χ4n) is 3.94. The van der Waals surface area contributed by atoms with Crippen molar-refractivity contribution >= 4 is 27.5 Å². The summed E-state index contributed by atoms with van der Waals surface area (Å²) in [7, 11) is -3.64. The minimum Gasteiger partial charge on any atom is -0.344 e. The lowest BCUT2D eigenvalue weighted by atomic mass is 9.97. The summed E-state index contributed by atoms with van der Waals surface area (Å²) in [6, 6.07) is 2.55. The fraction of sp³-hybridized carbons (Fsp3) is 0.619. The van der Waals surface area contributed by atoms with Gasteiger partial charge in [-0.2, -0.15) is 4.31 Å². The number of carbonyl (C=O) groups excluding carboxylic acids is 2. The van der Waals surface area contributed by atoms with E-state index in [-0.39, 0.29) is 22.6 Å². The first-order valence-electron chi connectivity index (χ1n) is 10.3. The van der Waals surface area contributed by atoms with Crippen molar-refractivity contribution in [2.75, 3.05) is 18.4 Å². The van der Waals surface area contributed by atoms with Crippen LogP contribution in [0.4, 0.5) is 5.69 Å². The van der Waals surface area contributed by atoms with E-state index in [0.29, 0.717) is 18.8 Å². The van der Waals surface area contributed by atoms with Crippen molar-refractivity contribution in [1.29, 1.82) is 0 Å². The number of anilines is 1. The molecule has 2 N–H and O–H groups in total. The molecule has 0 radical (unpaired) electrons. The lowest BCUT2D eigenvalue weighted by molar-refractivity contribution is -0.126. The number of benzene rings is 1. The van der Waals surface area contributed by atoms with E-state index in [0.717, 1.165) is 36.8 Å². The maximum Gasteiger partial charge on any atom is 0.247 e. The van der Waals surface area contributed by atoms with Crippen LogP contribution in [0.5, 0.6) is 0 Å². The van der Waals surface area contributed by atoms with E-state index in [9.17, 15) is 18.0 Å². The molecule has 29 heavy (non-hydrogen) atoms. The Kier molecular flexibility index (Phi) is 7.82. The van der Waals surface area contributed by atoms with Crippen LogP contribution in [0.1, 0.15) is 57.6 Å². The predicted octanol–water partition coefficient (Wildman–Crippen LogP) is 2.97. The minimum absolute atomic E-state index is 0.0999. The molecule has 0 bridgehead atoms. The largest absolute Gasteiger partial charge is 0.344 e. The highest BCUT2D eigenvalue weighted by molar-refractivity contribution is 7.89. The van der Waals surface area contributed by atoms with Crippen LogP contribution in [0.15, 0.2) is 17.0 Å². The van der Waals surface area contributed by atoms with Gasteiger partial charge in [-0.3, -0.25) is 9.59 Å². The van der Waals surface area contributed by atoms with Gasteiger partial charge in [-0.1, -0.05) is 26.7 Å². The van der Waals surface area contributed by atoms with Gasteiger partial charge in [0.15, 0.2) is 0 Å². The molecule has 1 aromatic carbocycles. The van der Waals surface area contributed by atoms with Crippen LogP contribution in [0.25, 0.3) is 0 Å². The van der Waals surface area contributed by atoms with E-state index in [4.69, 9.17) is 0 Å². The van der Waals surface area contributed by atoms with Crippen molar-refractivity contribution in [1.82, 2.24) is 9.62 Å². The predicted molar refractivity (Wildman–Crippen MR) is 114 cm³/mol. The number of sulfonamides is 1. The highest BCUT2D eigenvalue weighted by atomic mass is 32.2. The smallest absolute Gasteiger partial charge is 0.247 e. The zero-order valence-electron chi connectivity index (χ0n) is 18.0. The first-order valence-corrected chi connectivity index (χ1v) is 11.7. The maximum absolute atomic E-state index is 13.0. The third kappa shape index (κ3) is 5.36. The molecule has 0 spiro atoms. The van der Waals surface area contributed by atoms with Crippen LogP contribution in [-0.2, 0) is 19.6 Å². The Hall–Kier alpha value is -1.93. The fourth-order valence-corrected chi connectivity index (χ4v) is 5.51. The first kappa shape index (κ1) is 23.3. The number of rotatable bonds is 8. The summed E-state index contributed by atoms with van der Waals surface area (Å²) in [6.07, 6.45) is 3.88. The molecule has 2 amide bonds. The van der Waals surface area contributed by atoms with Gasteiger partial charge < -0.3 is 10.6 Å².